The Hall–Kier alpha value is -3.09. The minimum absolute atomic E-state index is 0.0192. The van der Waals surface area contributed by atoms with Crippen molar-refractivity contribution >= 4 is 5.91 Å². The fourth-order valence-electron chi connectivity index (χ4n) is 5.82. The van der Waals surface area contributed by atoms with Gasteiger partial charge in [-0.05, 0) is 37.3 Å². The summed E-state index contributed by atoms with van der Waals surface area (Å²) in [5.41, 5.74) is 0.611. The van der Waals surface area contributed by atoms with Gasteiger partial charge in [-0.15, -0.1) is 0 Å². The van der Waals surface area contributed by atoms with Crippen LogP contribution in [0.1, 0.15) is 43.1 Å². The van der Waals surface area contributed by atoms with Crippen LogP contribution in [0, 0.1) is 23.5 Å². The average Bonchev–Trinajstić information content (AvgIpc) is 3.13. The molecule has 1 aromatic heterocycles. The quantitative estimate of drug-likeness (QED) is 0.596. The number of benzene rings is 2. The molecular formula is C25H23F2N3O2. The Labute approximate surface area is 184 Å². The molecule has 0 bridgehead atoms. The van der Waals surface area contributed by atoms with E-state index in [-0.39, 0.29) is 34.6 Å². The smallest absolute Gasteiger partial charge is 0.235 e. The summed E-state index contributed by atoms with van der Waals surface area (Å²) in [5.74, 6) is -0.483. The Bertz CT molecular complexity index is 1160. The normalized spacial score (nSPS) is 28.7. The van der Waals surface area contributed by atoms with Gasteiger partial charge in [-0.3, -0.25) is 4.79 Å². The first-order chi connectivity index (χ1) is 15.6. The number of halogens is 2. The predicted octanol–water partition coefficient (Wildman–Crippen LogP) is 4.70. The van der Waals surface area contributed by atoms with Gasteiger partial charge in [-0.25, -0.2) is 8.78 Å². The van der Waals surface area contributed by atoms with E-state index in [0.717, 1.165) is 24.8 Å². The van der Waals surface area contributed by atoms with Crippen LogP contribution in [0.15, 0.2) is 53.1 Å². The van der Waals surface area contributed by atoms with E-state index in [1.54, 1.807) is 0 Å². The number of hydrogen-bond acceptors (Lipinski definition) is 4. The molecule has 5 nitrogen and oxygen atoms in total. The van der Waals surface area contributed by atoms with E-state index < -0.39 is 11.6 Å². The Kier molecular flexibility index (Phi) is 4.42. The summed E-state index contributed by atoms with van der Waals surface area (Å²) in [5, 5.41) is 4.20. The van der Waals surface area contributed by atoms with Gasteiger partial charge >= 0.3 is 0 Å². The number of carbonyl (C=O) groups is 1. The van der Waals surface area contributed by atoms with Crippen LogP contribution in [-0.2, 0) is 10.2 Å². The minimum atomic E-state index is -0.570. The molecule has 1 aliphatic heterocycles. The summed E-state index contributed by atoms with van der Waals surface area (Å²) >= 11 is 0. The van der Waals surface area contributed by atoms with E-state index >= 15 is 0 Å². The lowest BCUT2D eigenvalue weighted by Crippen LogP contribution is -2.35. The van der Waals surface area contributed by atoms with E-state index in [2.05, 4.69) is 5.16 Å². The van der Waals surface area contributed by atoms with Crippen LogP contribution in [0.2, 0.25) is 0 Å². The standard InChI is InChI=1S/C25H23F2N3O2/c26-19-9-4-10-20(27)21(19)17-12-18(17)23(31)30-13-16-8-5-11-25(16,14-30)24-28-22(29-32-24)15-6-2-1-3-7-15/h1-4,6-7,9-10,16-18H,5,8,11-14H2/t16-,17?,18?,25-/m1/s1. The van der Waals surface area contributed by atoms with Crippen molar-refractivity contribution in [3.63, 3.8) is 0 Å². The molecule has 0 spiro atoms. The number of aromatic nitrogens is 2. The molecular weight excluding hydrogens is 412 g/mol. The van der Waals surface area contributed by atoms with Crippen molar-refractivity contribution in [2.45, 2.75) is 37.0 Å². The zero-order valence-electron chi connectivity index (χ0n) is 17.5. The Balaban J connectivity index is 1.23. The van der Waals surface area contributed by atoms with Crippen molar-refractivity contribution in [3.05, 3.63) is 71.6 Å². The molecule has 2 aromatic carbocycles. The van der Waals surface area contributed by atoms with Gasteiger partial charge in [0.15, 0.2) is 0 Å². The van der Waals surface area contributed by atoms with E-state index in [1.807, 2.05) is 35.2 Å². The first-order valence-electron chi connectivity index (χ1n) is 11.2. The van der Waals surface area contributed by atoms with Gasteiger partial charge in [0, 0.05) is 36.1 Å². The van der Waals surface area contributed by atoms with E-state index in [9.17, 15) is 13.6 Å². The fourth-order valence-corrected chi connectivity index (χ4v) is 5.82. The molecule has 6 rings (SSSR count). The first-order valence-corrected chi connectivity index (χ1v) is 11.2. The highest BCUT2D eigenvalue weighted by atomic mass is 19.1. The molecule has 1 amide bonds. The maximum atomic E-state index is 14.2. The molecule has 0 N–H and O–H groups in total. The molecule has 2 aliphatic carbocycles. The van der Waals surface area contributed by atoms with Crippen LogP contribution in [0.4, 0.5) is 8.78 Å². The molecule has 1 saturated heterocycles. The third-order valence-corrected chi connectivity index (χ3v) is 7.54. The molecule has 3 aliphatic rings. The Morgan fingerprint density at radius 3 is 2.66 bits per heavy atom. The number of fused-ring (bicyclic) bond motifs is 1. The highest BCUT2D eigenvalue weighted by Gasteiger charge is 2.58. The lowest BCUT2D eigenvalue weighted by atomic mass is 9.80. The van der Waals surface area contributed by atoms with Crippen molar-refractivity contribution < 1.29 is 18.1 Å². The van der Waals surface area contributed by atoms with Crippen LogP contribution in [0.5, 0.6) is 0 Å². The van der Waals surface area contributed by atoms with Gasteiger partial charge in [0.1, 0.15) is 11.6 Å². The topological polar surface area (TPSA) is 59.2 Å². The van der Waals surface area contributed by atoms with E-state index in [1.165, 1.54) is 18.2 Å². The second-order valence-electron chi connectivity index (χ2n) is 9.34. The monoisotopic (exact) mass is 435 g/mol. The van der Waals surface area contributed by atoms with E-state index in [4.69, 9.17) is 9.51 Å². The van der Waals surface area contributed by atoms with Gasteiger partial charge in [-0.1, -0.05) is 48.0 Å². The molecule has 2 saturated carbocycles. The minimum Gasteiger partial charge on any atom is -0.341 e. The summed E-state index contributed by atoms with van der Waals surface area (Å²) in [7, 11) is 0. The molecule has 164 valence electrons. The second kappa shape index (κ2) is 7.22. The van der Waals surface area contributed by atoms with Crippen LogP contribution in [0.3, 0.4) is 0 Å². The maximum Gasteiger partial charge on any atom is 0.235 e. The number of rotatable bonds is 4. The lowest BCUT2D eigenvalue weighted by Gasteiger charge is -2.24. The highest BCUT2D eigenvalue weighted by molar-refractivity contribution is 5.83. The molecule has 32 heavy (non-hydrogen) atoms. The number of nitrogens with zero attached hydrogens (tertiary/aromatic N) is 3. The number of carbonyl (C=O) groups excluding carboxylic acids is 1. The Morgan fingerprint density at radius 2 is 1.88 bits per heavy atom. The van der Waals surface area contributed by atoms with Gasteiger partial charge < -0.3 is 9.42 Å². The summed E-state index contributed by atoms with van der Waals surface area (Å²) in [6.07, 6.45) is 3.45. The summed E-state index contributed by atoms with van der Waals surface area (Å²) < 4.78 is 34.1. The SMILES string of the molecule is O=C(C1CC1c1c(F)cccc1F)N1C[C@H]2CCC[C@@]2(c2nc(-c3ccccc3)no2)C1. The predicted molar refractivity (Wildman–Crippen MR) is 113 cm³/mol. The second-order valence-corrected chi connectivity index (χ2v) is 9.34. The molecule has 7 heteroatoms. The van der Waals surface area contributed by atoms with Crippen LogP contribution in [-0.4, -0.2) is 34.0 Å². The van der Waals surface area contributed by atoms with Crippen molar-refractivity contribution in [2.75, 3.05) is 13.1 Å². The number of hydrogen-bond donors (Lipinski definition) is 0. The molecule has 0 radical (unpaired) electrons. The molecule has 3 fully saturated rings. The summed E-state index contributed by atoms with van der Waals surface area (Å²) in [6, 6.07) is 13.6. The number of likely N-dealkylation sites (tertiary alicyclic amines) is 1. The lowest BCUT2D eigenvalue weighted by molar-refractivity contribution is -0.132. The average molecular weight is 435 g/mol. The summed E-state index contributed by atoms with van der Waals surface area (Å²) in [4.78, 5) is 19.8. The Morgan fingerprint density at radius 1 is 1.09 bits per heavy atom. The van der Waals surface area contributed by atoms with Gasteiger partial charge in [0.25, 0.3) is 0 Å². The molecule has 2 unspecified atom stereocenters. The molecule has 4 atom stereocenters. The first kappa shape index (κ1) is 19.6. The maximum absolute atomic E-state index is 14.2. The highest BCUT2D eigenvalue weighted by Crippen LogP contribution is 2.54. The van der Waals surface area contributed by atoms with Gasteiger partial charge in [0.05, 0.1) is 5.41 Å². The largest absolute Gasteiger partial charge is 0.341 e. The van der Waals surface area contributed by atoms with E-state index in [0.29, 0.717) is 31.2 Å². The third kappa shape index (κ3) is 2.98. The van der Waals surface area contributed by atoms with Gasteiger partial charge in [-0.2, -0.15) is 4.98 Å². The number of amides is 1. The molecule has 2 heterocycles. The fraction of sp³-hybridized carbons (Fsp3) is 0.400. The van der Waals surface area contributed by atoms with Crippen LogP contribution in [0.25, 0.3) is 11.4 Å². The zero-order valence-corrected chi connectivity index (χ0v) is 17.5. The summed E-state index contributed by atoms with van der Waals surface area (Å²) in [6.45, 7) is 1.15. The van der Waals surface area contributed by atoms with Crippen molar-refractivity contribution in [1.29, 1.82) is 0 Å². The van der Waals surface area contributed by atoms with Crippen LogP contribution >= 0.6 is 0 Å². The van der Waals surface area contributed by atoms with Crippen molar-refractivity contribution in [3.8, 4) is 11.4 Å². The van der Waals surface area contributed by atoms with Crippen LogP contribution < -0.4 is 0 Å². The zero-order chi connectivity index (χ0) is 21.9. The van der Waals surface area contributed by atoms with Gasteiger partial charge in [0.2, 0.25) is 17.6 Å². The van der Waals surface area contributed by atoms with Crippen molar-refractivity contribution in [2.24, 2.45) is 11.8 Å². The van der Waals surface area contributed by atoms with Crippen molar-refractivity contribution in [1.82, 2.24) is 15.0 Å². The third-order valence-electron chi connectivity index (χ3n) is 7.54. The molecule has 3 aromatic rings.